The third-order valence-electron chi connectivity index (χ3n) is 2.88. The van der Waals surface area contributed by atoms with Crippen molar-refractivity contribution in [1.82, 2.24) is 15.0 Å². The van der Waals surface area contributed by atoms with Gasteiger partial charge in [0, 0.05) is 0 Å². The highest BCUT2D eigenvalue weighted by molar-refractivity contribution is 7.98. The summed E-state index contributed by atoms with van der Waals surface area (Å²) in [7, 11) is 0. The zero-order chi connectivity index (χ0) is 13.4. The molecule has 0 bridgehead atoms. The first-order valence-electron chi connectivity index (χ1n) is 6.05. The maximum absolute atomic E-state index is 5.71. The fraction of sp³-hybridized carbons (Fsp3) is 0.0714. The van der Waals surface area contributed by atoms with Crippen LogP contribution in [0.25, 0.3) is 21.3 Å². The number of rotatable bonds is 3. The summed E-state index contributed by atoms with van der Waals surface area (Å²) in [6, 6.07) is 9.80. The smallest absolute Gasteiger partial charge is 0.205 e. The number of aromatic nitrogens is 3. The summed E-state index contributed by atoms with van der Waals surface area (Å²) in [4.78, 5) is 13.0. The summed E-state index contributed by atoms with van der Waals surface area (Å²) in [5, 5.41) is 3.01. The Morgan fingerprint density at radius 1 is 1.10 bits per heavy atom. The molecule has 1 aromatic carbocycles. The molecule has 4 rings (SSSR count). The molecule has 20 heavy (non-hydrogen) atoms. The summed E-state index contributed by atoms with van der Waals surface area (Å²) in [6.45, 7) is 0. The topological polar surface area (TPSA) is 51.8 Å². The van der Waals surface area contributed by atoms with Gasteiger partial charge in [0.25, 0.3) is 0 Å². The second-order valence-electron chi connectivity index (χ2n) is 4.18. The van der Waals surface area contributed by atoms with Gasteiger partial charge in [-0.1, -0.05) is 23.9 Å². The lowest BCUT2D eigenvalue weighted by atomic mass is 10.3. The average Bonchev–Trinajstić information content (AvgIpc) is 3.11. The molecule has 0 atom stereocenters. The third-order valence-corrected chi connectivity index (χ3v) is 4.89. The van der Waals surface area contributed by atoms with Crippen molar-refractivity contribution in [3.63, 3.8) is 0 Å². The van der Waals surface area contributed by atoms with Gasteiger partial charge in [-0.15, -0.1) is 11.3 Å². The standard InChI is InChI=1S/C14H9N3OS2/c1-2-4-11-9(3-1)17-12(18-11)7-20-14-13-10(5-6-19-13)15-8-16-14/h1-6,8H,7H2. The molecule has 0 aliphatic heterocycles. The molecule has 0 aliphatic rings. The number of hydrogen-bond donors (Lipinski definition) is 0. The summed E-state index contributed by atoms with van der Waals surface area (Å²) in [5.74, 6) is 1.39. The molecule has 0 spiro atoms. The Morgan fingerprint density at radius 3 is 3.00 bits per heavy atom. The van der Waals surface area contributed by atoms with Crippen LogP contribution in [-0.2, 0) is 5.75 Å². The monoisotopic (exact) mass is 299 g/mol. The summed E-state index contributed by atoms with van der Waals surface area (Å²) >= 11 is 3.28. The number of benzene rings is 1. The molecule has 0 fully saturated rings. The minimum Gasteiger partial charge on any atom is -0.440 e. The molecule has 6 heteroatoms. The van der Waals surface area contributed by atoms with Gasteiger partial charge in [-0.3, -0.25) is 0 Å². The van der Waals surface area contributed by atoms with Crippen LogP contribution in [0.1, 0.15) is 5.89 Å². The molecular formula is C14H9N3OS2. The predicted octanol–water partition coefficient (Wildman–Crippen LogP) is 4.12. The van der Waals surface area contributed by atoms with Crippen LogP contribution in [0.3, 0.4) is 0 Å². The van der Waals surface area contributed by atoms with Crippen molar-refractivity contribution in [3.8, 4) is 0 Å². The summed E-state index contributed by atoms with van der Waals surface area (Å²) in [5.41, 5.74) is 2.71. The van der Waals surface area contributed by atoms with Crippen LogP contribution >= 0.6 is 23.1 Å². The van der Waals surface area contributed by atoms with Crippen LogP contribution in [-0.4, -0.2) is 15.0 Å². The molecule has 0 amide bonds. The fourth-order valence-electron chi connectivity index (χ4n) is 1.98. The van der Waals surface area contributed by atoms with Crippen LogP contribution in [0.5, 0.6) is 0 Å². The van der Waals surface area contributed by atoms with E-state index in [0.29, 0.717) is 5.75 Å². The molecule has 0 saturated heterocycles. The number of fused-ring (bicyclic) bond motifs is 2. The minimum absolute atomic E-state index is 0.665. The fourth-order valence-corrected chi connectivity index (χ4v) is 3.77. The zero-order valence-electron chi connectivity index (χ0n) is 10.3. The Balaban J connectivity index is 1.62. The van der Waals surface area contributed by atoms with E-state index in [-0.39, 0.29) is 0 Å². The van der Waals surface area contributed by atoms with Crippen molar-refractivity contribution < 1.29 is 4.42 Å². The van der Waals surface area contributed by atoms with Crippen LogP contribution in [0.15, 0.2) is 51.5 Å². The van der Waals surface area contributed by atoms with Gasteiger partial charge < -0.3 is 4.42 Å². The van der Waals surface area contributed by atoms with Crippen LogP contribution in [0.2, 0.25) is 0 Å². The second kappa shape index (κ2) is 4.88. The van der Waals surface area contributed by atoms with Crippen molar-refractivity contribution in [2.45, 2.75) is 10.8 Å². The highest BCUT2D eigenvalue weighted by Crippen LogP contribution is 2.31. The van der Waals surface area contributed by atoms with E-state index in [1.807, 2.05) is 35.7 Å². The lowest BCUT2D eigenvalue weighted by Gasteiger charge is -1.98. The molecule has 3 heterocycles. The lowest BCUT2D eigenvalue weighted by Crippen LogP contribution is -1.85. The maximum Gasteiger partial charge on any atom is 0.205 e. The molecule has 0 saturated carbocycles. The number of hydrogen-bond acceptors (Lipinski definition) is 6. The van der Waals surface area contributed by atoms with E-state index in [0.717, 1.165) is 32.2 Å². The highest BCUT2D eigenvalue weighted by atomic mass is 32.2. The molecule has 0 aliphatic carbocycles. The molecule has 4 aromatic rings. The molecule has 98 valence electrons. The SMILES string of the molecule is c1ccc2oc(CSc3ncnc4ccsc34)nc2c1. The Morgan fingerprint density at radius 2 is 2.05 bits per heavy atom. The number of oxazole rings is 1. The van der Waals surface area contributed by atoms with Crippen LogP contribution in [0, 0.1) is 0 Å². The molecule has 4 nitrogen and oxygen atoms in total. The first-order chi connectivity index (χ1) is 9.90. The number of nitrogens with zero attached hydrogens (tertiary/aromatic N) is 3. The van der Waals surface area contributed by atoms with Crippen LogP contribution < -0.4 is 0 Å². The Bertz CT molecular complexity index is 851. The average molecular weight is 299 g/mol. The first-order valence-corrected chi connectivity index (χ1v) is 7.92. The van der Waals surface area contributed by atoms with E-state index < -0.39 is 0 Å². The quantitative estimate of drug-likeness (QED) is 0.420. The highest BCUT2D eigenvalue weighted by Gasteiger charge is 2.09. The van der Waals surface area contributed by atoms with E-state index in [9.17, 15) is 0 Å². The third kappa shape index (κ3) is 2.07. The maximum atomic E-state index is 5.71. The molecule has 0 radical (unpaired) electrons. The first kappa shape index (κ1) is 11.9. The summed E-state index contributed by atoms with van der Waals surface area (Å²) in [6.07, 6.45) is 1.60. The molecular weight excluding hydrogens is 290 g/mol. The van der Waals surface area contributed by atoms with E-state index in [1.54, 1.807) is 29.4 Å². The molecule has 0 N–H and O–H groups in total. The van der Waals surface area contributed by atoms with E-state index in [1.165, 1.54) is 0 Å². The van der Waals surface area contributed by atoms with Gasteiger partial charge in [0.15, 0.2) is 5.58 Å². The van der Waals surface area contributed by atoms with Gasteiger partial charge in [-0.05, 0) is 23.6 Å². The molecule has 0 unspecified atom stereocenters. The van der Waals surface area contributed by atoms with E-state index >= 15 is 0 Å². The zero-order valence-corrected chi connectivity index (χ0v) is 11.9. The van der Waals surface area contributed by atoms with Crippen LogP contribution in [0.4, 0.5) is 0 Å². The Kier molecular flexibility index (Phi) is 2.90. The Labute approximate surface area is 122 Å². The van der Waals surface area contributed by atoms with Gasteiger partial charge in [0.1, 0.15) is 16.9 Å². The van der Waals surface area contributed by atoms with Crippen molar-refractivity contribution in [2.24, 2.45) is 0 Å². The number of thiophene rings is 1. The van der Waals surface area contributed by atoms with Crippen molar-refractivity contribution in [2.75, 3.05) is 0 Å². The van der Waals surface area contributed by atoms with Gasteiger partial charge >= 0.3 is 0 Å². The Hall–Kier alpha value is -1.92. The van der Waals surface area contributed by atoms with E-state index in [2.05, 4.69) is 15.0 Å². The number of thioether (sulfide) groups is 1. The second-order valence-corrected chi connectivity index (χ2v) is 6.06. The normalized spacial score (nSPS) is 11.4. The summed E-state index contributed by atoms with van der Waals surface area (Å²) < 4.78 is 6.83. The largest absolute Gasteiger partial charge is 0.440 e. The van der Waals surface area contributed by atoms with Crippen molar-refractivity contribution in [1.29, 1.82) is 0 Å². The van der Waals surface area contributed by atoms with Gasteiger partial charge in [-0.2, -0.15) is 0 Å². The van der Waals surface area contributed by atoms with Gasteiger partial charge in [0.05, 0.1) is 16.0 Å². The van der Waals surface area contributed by atoms with Gasteiger partial charge in [0.2, 0.25) is 5.89 Å². The van der Waals surface area contributed by atoms with Gasteiger partial charge in [-0.25, -0.2) is 15.0 Å². The molecule has 3 aromatic heterocycles. The number of para-hydroxylation sites is 2. The van der Waals surface area contributed by atoms with E-state index in [4.69, 9.17) is 4.42 Å². The van der Waals surface area contributed by atoms with Crippen molar-refractivity contribution in [3.05, 3.63) is 47.9 Å². The minimum atomic E-state index is 0.665. The predicted molar refractivity (Wildman–Crippen MR) is 81.0 cm³/mol. The lowest BCUT2D eigenvalue weighted by molar-refractivity contribution is 0.556. The van der Waals surface area contributed by atoms with Crippen molar-refractivity contribution >= 4 is 44.4 Å².